The highest BCUT2D eigenvalue weighted by Gasteiger charge is 1.99. The lowest BCUT2D eigenvalue weighted by Gasteiger charge is -2.04. The molecular weight excluding hydrogens is 182 g/mol. The smallest absolute Gasteiger partial charge is 0.330 e. The van der Waals surface area contributed by atoms with Crippen molar-refractivity contribution < 1.29 is 14.3 Å². The number of nitrogens with one attached hydrogen (secondary N) is 1. The molecular formula is C10H17NO3. The summed E-state index contributed by atoms with van der Waals surface area (Å²) in [7, 11) is 0. The number of unbranched alkanes of at least 4 members (excludes halogenated alkanes) is 1. The van der Waals surface area contributed by atoms with Crippen molar-refractivity contribution in [2.45, 2.75) is 26.2 Å². The lowest BCUT2D eigenvalue weighted by atomic mass is 10.2. The fourth-order valence-electron chi connectivity index (χ4n) is 0.827. The molecule has 0 bridgehead atoms. The van der Waals surface area contributed by atoms with Gasteiger partial charge in [-0.1, -0.05) is 19.9 Å². The van der Waals surface area contributed by atoms with Crippen molar-refractivity contribution in [3.05, 3.63) is 12.7 Å². The Labute approximate surface area is 84.3 Å². The van der Waals surface area contributed by atoms with Gasteiger partial charge in [-0.2, -0.15) is 0 Å². The molecule has 0 aromatic heterocycles. The highest BCUT2D eigenvalue weighted by molar-refractivity contribution is 5.81. The number of esters is 1. The van der Waals surface area contributed by atoms with Gasteiger partial charge in [0, 0.05) is 12.5 Å². The lowest BCUT2D eigenvalue weighted by Crippen LogP contribution is -2.27. The normalized spacial score (nSPS) is 9.21. The van der Waals surface area contributed by atoms with Gasteiger partial charge in [0.2, 0.25) is 5.91 Å². The summed E-state index contributed by atoms with van der Waals surface area (Å²) in [5, 5.41) is 2.65. The first-order valence-corrected chi connectivity index (χ1v) is 4.76. The van der Waals surface area contributed by atoms with Gasteiger partial charge in [-0.15, -0.1) is 0 Å². The van der Waals surface area contributed by atoms with Gasteiger partial charge in [0.05, 0.1) is 6.54 Å². The first kappa shape index (κ1) is 12.7. The third kappa shape index (κ3) is 7.34. The molecule has 0 aromatic rings. The molecule has 0 radical (unpaired) electrons. The van der Waals surface area contributed by atoms with Crippen LogP contribution in [-0.2, 0) is 14.3 Å². The number of carbonyl (C=O) groups excluding carboxylic acids is 2. The van der Waals surface area contributed by atoms with Crippen molar-refractivity contribution in [3.8, 4) is 0 Å². The standard InChI is InChI=1S/C10H17NO3/c1-3-5-6-9(12)11-7-8-14-10(13)4-2/h4H,2-3,5-8H2,1H3,(H,11,12). The number of carbonyl (C=O) groups is 2. The van der Waals surface area contributed by atoms with Crippen LogP contribution in [0.1, 0.15) is 26.2 Å². The van der Waals surface area contributed by atoms with Gasteiger partial charge in [0.1, 0.15) is 6.61 Å². The second kappa shape index (κ2) is 8.29. The van der Waals surface area contributed by atoms with Gasteiger partial charge in [0.25, 0.3) is 0 Å². The van der Waals surface area contributed by atoms with Crippen LogP contribution in [0, 0.1) is 0 Å². The summed E-state index contributed by atoms with van der Waals surface area (Å²) in [4.78, 5) is 21.6. The Bertz CT molecular complexity index is 202. The SMILES string of the molecule is C=CC(=O)OCCNC(=O)CCCC. The first-order valence-electron chi connectivity index (χ1n) is 4.76. The molecule has 0 spiro atoms. The molecule has 0 aromatic carbocycles. The molecule has 1 N–H and O–H groups in total. The van der Waals surface area contributed by atoms with E-state index in [2.05, 4.69) is 16.6 Å². The molecule has 0 aliphatic rings. The second-order valence-electron chi connectivity index (χ2n) is 2.83. The maximum atomic E-state index is 11.0. The van der Waals surface area contributed by atoms with Crippen LogP contribution in [0.25, 0.3) is 0 Å². The number of hydrogen-bond acceptors (Lipinski definition) is 3. The monoisotopic (exact) mass is 199 g/mol. The van der Waals surface area contributed by atoms with Crippen LogP contribution in [0.3, 0.4) is 0 Å². The topological polar surface area (TPSA) is 55.4 Å². The van der Waals surface area contributed by atoms with Crippen LogP contribution < -0.4 is 5.32 Å². The largest absolute Gasteiger partial charge is 0.461 e. The molecule has 0 atom stereocenters. The first-order chi connectivity index (χ1) is 6.70. The van der Waals surface area contributed by atoms with E-state index in [1.807, 2.05) is 6.92 Å². The Morgan fingerprint density at radius 3 is 2.79 bits per heavy atom. The Morgan fingerprint density at radius 2 is 2.21 bits per heavy atom. The van der Waals surface area contributed by atoms with Gasteiger partial charge in [-0.3, -0.25) is 4.79 Å². The van der Waals surface area contributed by atoms with E-state index in [9.17, 15) is 9.59 Å². The van der Waals surface area contributed by atoms with Crippen molar-refractivity contribution in [3.63, 3.8) is 0 Å². The molecule has 4 nitrogen and oxygen atoms in total. The third-order valence-corrected chi connectivity index (χ3v) is 1.59. The quantitative estimate of drug-likeness (QED) is 0.378. The molecule has 0 unspecified atom stereocenters. The molecule has 80 valence electrons. The summed E-state index contributed by atoms with van der Waals surface area (Å²) in [5.74, 6) is -0.464. The van der Waals surface area contributed by atoms with Gasteiger partial charge >= 0.3 is 5.97 Å². The summed E-state index contributed by atoms with van der Waals surface area (Å²) >= 11 is 0. The Balaban J connectivity index is 3.31. The van der Waals surface area contributed by atoms with E-state index in [4.69, 9.17) is 0 Å². The minimum atomic E-state index is -0.465. The molecule has 0 aliphatic carbocycles. The zero-order valence-electron chi connectivity index (χ0n) is 8.54. The molecule has 0 fully saturated rings. The minimum Gasteiger partial charge on any atom is -0.461 e. The Hall–Kier alpha value is -1.32. The van der Waals surface area contributed by atoms with Crippen molar-refractivity contribution in [1.82, 2.24) is 5.32 Å². The fraction of sp³-hybridized carbons (Fsp3) is 0.600. The molecule has 4 heteroatoms. The summed E-state index contributed by atoms with van der Waals surface area (Å²) < 4.78 is 4.67. The second-order valence-corrected chi connectivity index (χ2v) is 2.83. The molecule has 0 saturated carbocycles. The van der Waals surface area contributed by atoms with Gasteiger partial charge in [0.15, 0.2) is 0 Å². The van der Waals surface area contributed by atoms with Crippen LogP contribution >= 0.6 is 0 Å². The maximum Gasteiger partial charge on any atom is 0.330 e. The van der Waals surface area contributed by atoms with Gasteiger partial charge in [-0.05, 0) is 6.42 Å². The molecule has 0 heterocycles. The van der Waals surface area contributed by atoms with Crippen molar-refractivity contribution in [1.29, 1.82) is 0 Å². The van der Waals surface area contributed by atoms with Crippen molar-refractivity contribution >= 4 is 11.9 Å². The van der Waals surface area contributed by atoms with E-state index in [1.165, 1.54) is 0 Å². The van der Waals surface area contributed by atoms with Crippen molar-refractivity contribution in [2.24, 2.45) is 0 Å². The summed E-state index contributed by atoms with van der Waals surface area (Å²) in [6.45, 7) is 5.84. The highest BCUT2D eigenvalue weighted by Crippen LogP contribution is 1.92. The van der Waals surface area contributed by atoms with Crippen LogP contribution in [0.15, 0.2) is 12.7 Å². The third-order valence-electron chi connectivity index (χ3n) is 1.59. The van der Waals surface area contributed by atoms with E-state index in [0.717, 1.165) is 18.9 Å². The van der Waals surface area contributed by atoms with Crippen LogP contribution in [-0.4, -0.2) is 25.0 Å². The van der Waals surface area contributed by atoms with Gasteiger partial charge in [-0.25, -0.2) is 4.79 Å². The van der Waals surface area contributed by atoms with E-state index in [0.29, 0.717) is 13.0 Å². The van der Waals surface area contributed by atoms with E-state index >= 15 is 0 Å². The predicted octanol–water partition coefficient (Wildman–Crippen LogP) is 1.02. The average molecular weight is 199 g/mol. The average Bonchev–Trinajstić information content (AvgIpc) is 2.21. The Morgan fingerprint density at radius 1 is 1.50 bits per heavy atom. The molecule has 1 amide bonds. The van der Waals surface area contributed by atoms with Crippen LogP contribution in [0.4, 0.5) is 0 Å². The summed E-state index contributed by atoms with van der Waals surface area (Å²) in [6, 6.07) is 0. The molecule has 0 saturated heterocycles. The van der Waals surface area contributed by atoms with E-state index in [1.54, 1.807) is 0 Å². The summed E-state index contributed by atoms with van der Waals surface area (Å²) in [5.41, 5.74) is 0. The number of amides is 1. The predicted molar refractivity (Wildman–Crippen MR) is 53.7 cm³/mol. The van der Waals surface area contributed by atoms with Crippen LogP contribution in [0.2, 0.25) is 0 Å². The zero-order valence-corrected chi connectivity index (χ0v) is 8.54. The van der Waals surface area contributed by atoms with Crippen molar-refractivity contribution in [2.75, 3.05) is 13.2 Å². The van der Waals surface area contributed by atoms with E-state index in [-0.39, 0.29) is 12.5 Å². The number of hydrogen-bond donors (Lipinski definition) is 1. The number of rotatable bonds is 7. The molecule has 0 rings (SSSR count). The minimum absolute atomic E-state index is 0.00139. The molecule has 14 heavy (non-hydrogen) atoms. The molecule has 0 aliphatic heterocycles. The van der Waals surface area contributed by atoms with E-state index < -0.39 is 5.97 Å². The highest BCUT2D eigenvalue weighted by atomic mass is 16.5. The zero-order chi connectivity index (χ0) is 10.8. The van der Waals surface area contributed by atoms with Gasteiger partial charge < -0.3 is 10.1 Å². The maximum absolute atomic E-state index is 11.0. The lowest BCUT2D eigenvalue weighted by molar-refractivity contribution is -0.138. The summed E-state index contributed by atoms with van der Waals surface area (Å²) in [6.07, 6.45) is 3.52. The van der Waals surface area contributed by atoms with Crippen LogP contribution in [0.5, 0.6) is 0 Å². The fourth-order valence-corrected chi connectivity index (χ4v) is 0.827. The Kier molecular flexibility index (Phi) is 7.50. The number of ether oxygens (including phenoxy) is 1.